The van der Waals surface area contributed by atoms with Gasteiger partial charge in [0.25, 0.3) is 0 Å². The van der Waals surface area contributed by atoms with E-state index in [1.54, 1.807) is 11.8 Å². The first-order valence-electron chi connectivity index (χ1n) is 5.20. The summed E-state index contributed by atoms with van der Waals surface area (Å²) < 4.78 is 0. The van der Waals surface area contributed by atoms with Gasteiger partial charge in [0.05, 0.1) is 6.04 Å². The summed E-state index contributed by atoms with van der Waals surface area (Å²) in [5, 5.41) is 6.15. The molecule has 0 spiro atoms. The maximum absolute atomic E-state index is 11.6. The Morgan fingerprint density at radius 2 is 2.29 bits per heavy atom. The molecule has 1 aliphatic heterocycles. The summed E-state index contributed by atoms with van der Waals surface area (Å²) in [4.78, 5) is 11.6. The van der Waals surface area contributed by atoms with Crippen molar-refractivity contribution < 1.29 is 4.79 Å². The number of carbonyl (C=O) groups is 1. The molecule has 1 heterocycles. The summed E-state index contributed by atoms with van der Waals surface area (Å²) in [6, 6.07) is 0.0272. The molecule has 1 saturated heterocycles. The van der Waals surface area contributed by atoms with Crippen LogP contribution in [0.25, 0.3) is 0 Å². The van der Waals surface area contributed by atoms with Crippen LogP contribution in [0.15, 0.2) is 0 Å². The highest BCUT2D eigenvalue weighted by Gasteiger charge is 2.22. The van der Waals surface area contributed by atoms with Gasteiger partial charge in [-0.15, -0.1) is 11.8 Å². The van der Waals surface area contributed by atoms with E-state index in [0.717, 1.165) is 18.2 Å². The number of nitrogens with one attached hydrogen (secondary N) is 2. The van der Waals surface area contributed by atoms with Crippen LogP contribution in [0.4, 0.5) is 0 Å². The number of amides is 1. The van der Waals surface area contributed by atoms with Gasteiger partial charge >= 0.3 is 0 Å². The third-order valence-electron chi connectivity index (χ3n) is 2.77. The van der Waals surface area contributed by atoms with E-state index in [9.17, 15) is 4.79 Å². The third-order valence-corrected chi connectivity index (χ3v) is 3.71. The first kappa shape index (κ1) is 11.9. The zero-order chi connectivity index (χ0) is 10.6. The van der Waals surface area contributed by atoms with Gasteiger partial charge in [-0.3, -0.25) is 10.1 Å². The van der Waals surface area contributed by atoms with Crippen LogP contribution in [0, 0.1) is 11.8 Å². The maximum atomic E-state index is 11.6. The molecule has 2 N–H and O–H groups in total. The molecule has 1 amide bonds. The number of carbonyl (C=O) groups excluding carboxylic acids is 1. The van der Waals surface area contributed by atoms with Crippen LogP contribution in [-0.4, -0.2) is 30.1 Å². The molecule has 1 rings (SSSR count). The van der Waals surface area contributed by atoms with Crippen molar-refractivity contribution in [3.8, 4) is 0 Å². The maximum Gasteiger partial charge on any atom is 0.238 e. The lowest BCUT2D eigenvalue weighted by atomic mass is 9.98. The van der Waals surface area contributed by atoms with Gasteiger partial charge in [-0.05, 0) is 11.8 Å². The van der Waals surface area contributed by atoms with E-state index < -0.39 is 0 Å². The number of hydrogen-bond donors (Lipinski definition) is 2. The molecule has 0 radical (unpaired) electrons. The summed E-state index contributed by atoms with van der Waals surface area (Å²) in [7, 11) is 0. The van der Waals surface area contributed by atoms with E-state index in [0.29, 0.717) is 11.8 Å². The average Bonchev–Trinajstić information content (AvgIpc) is 2.66. The fourth-order valence-electron chi connectivity index (χ4n) is 1.18. The Morgan fingerprint density at radius 3 is 2.79 bits per heavy atom. The first-order chi connectivity index (χ1) is 6.61. The summed E-state index contributed by atoms with van der Waals surface area (Å²) in [5.41, 5.74) is 0. The molecular weight excluding hydrogens is 196 g/mol. The summed E-state index contributed by atoms with van der Waals surface area (Å²) >= 11 is 1.78. The molecule has 14 heavy (non-hydrogen) atoms. The Morgan fingerprint density at radius 1 is 1.57 bits per heavy atom. The highest BCUT2D eigenvalue weighted by atomic mass is 32.2. The van der Waals surface area contributed by atoms with Crippen molar-refractivity contribution in [3.05, 3.63) is 0 Å². The SMILES string of the molecule is CC(C)C(C)CNC(=O)C1CSCN1. The molecule has 0 aromatic heterocycles. The lowest BCUT2D eigenvalue weighted by Crippen LogP contribution is -2.43. The van der Waals surface area contributed by atoms with E-state index in [4.69, 9.17) is 0 Å². The molecule has 2 atom stereocenters. The fraction of sp³-hybridized carbons (Fsp3) is 0.900. The van der Waals surface area contributed by atoms with Crippen molar-refractivity contribution in [1.82, 2.24) is 10.6 Å². The van der Waals surface area contributed by atoms with E-state index in [1.807, 2.05) is 0 Å². The molecule has 3 nitrogen and oxygen atoms in total. The molecule has 0 aliphatic carbocycles. The number of rotatable bonds is 4. The predicted octanol–water partition coefficient (Wildman–Crippen LogP) is 1.06. The quantitative estimate of drug-likeness (QED) is 0.738. The van der Waals surface area contributed by atoms with Crippen molar-refractivity contribution in [1.29, 1.82) is 0 Å². The standard InChI is InChI=1S/C10H20N2OS/c1-7(2)8(3)4-11-10(13)9-5-14-6-12-9/h7-9,12H,4-6H2,1-3H3,(H,11,13). The van der Waals surface area contributed by atoms with Crippen molar-refractivity contribution in [2.75, 3.05) is 18.2 Å². The Balaban J connectivity index is 2.20. The molecule has 1 fully saturated rings. The van der Waals surface area contributed by atoms with Crippen molar-refractivity contribution in [2.45, 2.75) is 26.8 Å². The van der Waals surface area contributed by atoms with E-state index >= 15 is 0 Å². The number of thioether (sulfide) groups is 1. The van der Waals surface area contributed by atoms with Crippen LogP contribution >= 0.6 is 11.8 Å². The van der Waals surface area contributed by atoms with Crippen LogP contribution in [-0.2, 0) is 4.79 Å². The highest BCUT2D eigenvalue weighted by molar-refractivity contribution is 7.99. The minimum absolute atomic E-state index is 0.0272. The zero-order valence-corrected chi connectivity index (χ0v) is 9.99. The monoisotopic (exact) mass is 216 g/mol. The van der Waals surface area contributed by atoms with Crippen molar-refractivity contribution in [3.63, 3.8) is 0 Å². The van der Waals surface area contributed by atoms with Gasteiger partial charge in [0, 0.05) is 18.2 Å². The molecule has 1 aliphatic rings. The van der Waals surface area contributed by atoms with Gasteiger partial charge in [0.2, 0.25) is 5.91 Å². The lowest BCUT2D eigenvalue weighted by molar-refractivity contribution is -0.122. The third kappa shape index (κ3) is 3.50. The first-order valence-corrected chi connectivity index (χ1v) is 6.35. The Bertz CT molecular complexity index is 191. The Hall–Kier alpha value is -0.220. The summed E-state index contributed by atoms with van der Waals surface area (Å²) in [6.45, 7) is 7.32. The topological polar surface area (TPSA) is 41.1 Å². The van der Waals surface area contributed by atoms with Gasteiger partial charge in [0.1, 0.15) is 0 Å². The highest BCUT2D eigenvalue weighted by Crippen LogP contribution is 2.10. The molecule has 82 valence electrons. The zero-order valence-electron chi connectivity index (χ0n) is 9.17. The van der Waals surface area contributed by atoms with Gasteiger partial charge < -0.3 is 5.32 Å². The van der Waals surface area contributed by atoms with Gasteiger partial charge in [0.15, 0.2) is 0 Å². The van der Waals surface area contributed by atoms with E-state index in [1.165, 1.54) is 0 Å². The van der Waals surface area contributed by atoms with Crippen LogP contribution < -0.4 is 10.6 Å². The van der Waals surface area contributed by atoms with Gasteiger partial charge in [-0.1, -0.05) is 20.8 Å². The average molecular weight is 216 g/mol. The molecule has 0 saturated carbocycles. The van der Waals surface area contributed by atoms with Gasteiger partial charge in [-0.25, -0.2) is 0 Å². The van der Waals surface area contributed by atoms with Crippen LogP contribution in [0.1, 0.15) is 20.8 Å². The Kier molecular flexibility index (Phi) is 4.75. The Labute approximate surface area is 90.4 Å². The smallest absolute Gasteiger partial charge is 0.238 e. The van der Waals surface area contributed by atoms with Crippen molar-refractivity contribution >= 4 is 17.7 Å². The van der Waals surface area contributed by atoms with Crippen LogP contribution in [0.3, 0.4) is 0 Å². The van der Waals surface area contributed by atoms with E-state index in [-0.39, 0.29) is 11.9 Å². The lowest BCUT2D eigenvalue weighted by Gasteiger charge is -2.17. The summed E-state index contributed by atoms with van der Waals surface area (Å²) in [6.07, 6.45) is 0. The minimum Gasteiger partial charge on any atom is -0.354 e. The number of hydrogen-bond acceptors (Lipinski definition) is 3. The fourth-order valence-corrected chi connectivity index (χ4v) is 2.13. The summed E-state index contributed by atoms with van der Waals surface area (Å²) in [5.74, 6) is 3.14. The van der Waals surface area contributed by atoms with Crippen molar-refractivity contribution in [2.24, 2.45) is 11.8 Å². The normalized spacial score (nSPS) is 23.9. The van der Waals surface area contributed by atoms with E-state index in [2.05, 4.69) is 31.4 Å². The molecule has 0 bridgehead atoms. The largest absolute Gasteiger partial charge is 0.354 e. The molecule has 0 aromatic carbocycles. The molecular formula is C10H20N2OS. The van der Waals surface area contributed by atoms with Crippen LogP contribution in [0.5, 0.6) is 0 Å². The van der Waals surface area contributed by atoms with Crippen LogP contribution in [0.2, 0.25) is 0 Å². The predicted molar refractivity (Wildman–Crippen MR) is 61.3 cm³/mol. The van der Waals surface area contributed by atoms with Gasteiger partial charge in [-0.2, -0.15) is 0 Å². The minimum atomic E-state index is 0.0272. The second kappa shape index (κ2) is 5.61. The molecule has 4 heteroatoms. The second-order valence-electron chi connectivity index (χ2n) is 4.24. The molecule has 2 unspecified atom stereocenters. The second-order valence-corrected chi connectivity index (χ2v) is 5.27. The molecule has 0 aromatic rings.